The number of hydrogen-bond acceptors (Lipinski definition) is 3. The third kappa shape index (κ3) is 2.51. The Labute approximate surface area is 133 Å². The number of ether oxygens (including phenoxy) is 1. The zero-order valence-corrected chi connectivity index (χ0v) is 13.5. The molecule has 1 unspecified atom stereocenters. The maximum Gasteiger partial charge on any atom is 0.203 e. The molecule has 0 aliphatic carbocycles. The molecule has 4 atom stereocenters. The van der Waals surface area contributed by atoms with Crippen molar-refractivity contribution >= 4 is 10.8 Å². The monoisotopic (exact) mass is 316 g/mol. The van der Waals surface area contributed by atoms with Crippen molar-refractivity contribution < 1.29 is 14.1 Å². The largest absolute Gasteiger partial charge is 0.389 e. The van der Waals surface area contributed by atoms with Gasteiger partial charge in [-0.1, -0.05) is 55.0 Å². The normalized spacial score (nSPS) is 26.4. The minimum Gasteiger partial charge on any atom is -0.389 e. The fourth-order valence-corrected chi connectivity index (χ4v) is 4.41. The Morgan fingerprint density at radius 2 is 1.82 bits per heavy atom. The highest BCUT2D eigenvalue weighted by Crippen LogP contribution is 2.56. The number of hydrogen-bond donors (Lipinski definition) is 1. The van der Waals surface area contributed by atoms with Crippen LogP contribution in [0.1, 0.15) is 30.6 Å². The molecule has 0 amide bonds. The zero-order chi connectivity index (χ0) is 15.7. The minimum absolute atomic E-state index is 0.328. The SMILES string of the molecule is CC[C@H](O)[C@]1(S(=O)c2ccc(C)cc2)O[C@H]1c1ccccc1. The van der Waals surface area contributed by atoms with E-state index in [9.17, 15) is 9.32 Å². The van der Waals surface area contributed by atoms with E-state index in [1.165, 1.54) is 0 Å². The second kappa shape index (κ2) is 5.95. The Kier molecular flexibility index (Phi) is 4.17. The van der Waals surface area contributed by atoms with Crippen molar-refractivity contribution in [2.24, 2.45) is 0 Å². The second-order valence-corrected chi connectivity index (χ2v) is 7.28. The van der Waals surface area contributed by atoms with E-state index in [1.54, 1.807) is 0 Å². The number of rotatable bonds is 5. The van der Waals surface area contributed by atoms with Gasteiger partial charge in [0.15, 0.2) is 0 Å². The maximum atomic E-state index is 13.1. The number of aliphatic hydroxyl groups is 1. The fourth-order valence-electron chi connectivity index (χ4n) is 2.73. The molecular weight excluding hydrogens is 296 g/mol. The van der Waals surface area contributed by atoms with Gasteiger partial charge in [-0.05, 0) is 31.0 Å². The van der Waals surface area contributed by atoms with Crippen LogP contribution in [0.15, 0.2) is 59.5 Å². The summed E-state index contributed by atoms with van der Waals surface area (Å²) < 4.78 is 18.9. The predicted octanol–water partition coefficient (Wildman–Crippen LogP) is 3.34. The van der Waals surface area contributed by atoms with E-state index in [1.807, 2.05) is 68.4 Å². The smallest absolute Gasteiger partial charge is 0.203 e. The molecule has 0 aromatic heterocycles. The Bertz CT molecular complexity index is 668. The summed E-state index contributed by atoms with van der Waals surface area (Å²) >= 11 is 0. The molecule has 1 fully saturated rings. The molecule has 116 valence electrons. The van der Waals surface area contributed by atoms with Crippen molar-refractivity contribution in [3.8, 4) is 0 Å². The van der Waals surface area contributed by atoms with Gasteiger partial charge in [0.25, 0.3) is 0 Å². The molecule has 0 spiro atoms. The van der Waals surface area contributed by atoms with Crippen LogP contribution in [0.4, 0.5) is 0 Å². The summed E-state index contributed by atoms with van der Waals surface area (Å²) in [5.74, 6) is 0. The van der Waals surface area contributed by atoms with Crippen molar-refractivity contribution in [2.75, 3.05) is 0 Å². The van der Waals surface area contributed by atoms with Crippen LogP contribution in [0.2, 0.25) is 0 Å². The molecule has 3 rings (SSSR count). The summed E-state index contributed by atoms with van der Waals surface area (Å²) in [6.45, 7) is 3.87. The number of epoxide rings is 1. The van der Waals surface area contributed by atoms with Crippen LogP contribution < -0.4 is 0 Å². The average Bonchev–Trinajstić information content (AvgIpc) is 3.32. The van der Waals surface area contributed by atoms with Crippen molar-refractivity contribution in [2.45, 2.75) is 42.3 Å². The molecule has 1 heterocycles. The first-order valence-corrected chi connectivity index (χ1v) is 8.64. The molecule has 4 heteroatoms. The van der Waals surface area contributed by atoms with E-state index in [0.717, 1.165) is 11.1 Å². The van der Waals surface area contributed by atoms with Gasteiger partial charge in [-0.2, -0.15) is 0 Å². The van der Waals surface area contributed by atoms with Crippen LogP contribution in [-0.2, 0) is 15.5 Å². The Morgan fingerprint density at radius 1 is 1.18 bits per heavy atom. The molecule has 1 aliphatic rings. The van der Waals surface area contributed by atoms with E-state index >= 15 is 0 Å². The van der Waals surface area contributed by atoms with E-state index in [0.29, 0.717) is 11.3 Å². The molecule has 1 N–H and O–H groups in total. The Hall–Kier alpha value is -1.49. The first-order chi connectivity index (χ1) is 10.6. The molecule has 22 heavy (non-hydrogen) atoms. The minimum atomic E-state index is -1.42. The lowest BCUT2D eigenvalue weighted by Crippen LogP contribution is -2.34. The van der Waals surface area contributed by atoms with E-state index in [4.69, 9.17) is 4.74 Å². The lowest BCUT2D eigenvalue weighted by Gasteiger charge is -2.18. The van der Waals surface area contributed by atoms with Crippen molar-refractivity contribution in [1.29, 1.82) is 0 Å². The zero-order valence-electron chi connectivity index (χ0n) is 12.7. The lowest BCUT2D eigenvalue weighted by molar-refractivity contribution is 0.114. The molecule has 3 nitrogen and oxygen atoms in total. The molecule has 0 bridgehead atoms. The van der Waals surface area contributed by atoms with Gasteiger partial charge in [0, 0.05) is 4.90 Å². The highest BCUT2D eigenvalue weighted by Gasteiger charge is 2.66. The highest BCUT2D eigenvalue weighted by molar-refractivity contribution is 7.86. The van der Waals surface area contributed by atoms with Gasteiger partial charge in [-0.15, -0.1) is 0 Å². The molecule has 2 aromatic rings. The van der Waals surface area contributed by atoms with Crippen LogP contribution in [0.3, 0.4) is 0 Å². The summed E-state index contributed by atoms with van der Waals surface area (Å²) in [5.41, 5.74) is 2.07. The van der Waals surface area contributed by atoms with Gasteiger partial charge < -0.3 is 9.84 Å². The van der Waals surface area contributed by atoms with Gasteiger partial charge in [0.2, 0.25) is 4.93 Å². The Morgan fingerprint density at radius 3 is 2.41 bits per heavy atom. The molecule has 1 aliphatic heterocycles. The summed E-state index contributed by atoms with van der Waals surface area (Å²) in [4.78, 5) is -0.345. The van der Waals surface area contributed by atoms with Crippen molar-refractivity contribution in [3.05, 3.63) is 65.7 Å². The van der Waals surface area contributed by atoms with Crippen molar-refractivity contribution in [3.63, 3.8) is 0 Å². The van der Waals surface area contributed by atoms with E-state index < -0.39 is 21.8 Å². The Balaban J connectivity index is 1.95. The van der Waals surface area contributed by atoms with Crippen LogP contribution in [0.5, 0.6) is 0 Å². The molecule has 0 saturated carbocycles. The van der Waals surface area contributed by atoms with E-state index in [-0.39, 0.29) is 6.10 Å². The number of benzene rings is 2. The van der Waals surface area contributed by atoms with Crippen LogP contribution in [0, 0.1) is 6.92 Å². The van der Waals surface area contributed by atoms with Gasteiger partial charge in [-0.25, -0.2) is 0 Å². The standard InChI is InChI=1S/C18H20O3S/c1-3-16(19)18(17(21-18)14-7-5-4-6-8-14)22(20)15-11-9-13(2)10-12-15/h4-12,16-17,19H,3H2,1-2H3/t16-,17-,18+,22?/m0/s1. The number of aliphatic hydroxyl groups excluding tert-OH is 1. The van der Waals surface area contributed by atoms with Gasteiger partial charge in [0.1, 0.15) is 6.10 Å². The molecule has 2 aromatic carbocycles. The summed E-state index contributed by atoms with van der Waals surface area (Å²) in [6.07, 6.45) is -0.591. The highest BCUT2D eigenvalue weighted by atomic mass is 32.2. The van der Waals surface area contributed by atoms with Gasteiger partial charge in [0.05, 0.1) is 16.9 Å². The summed E-state index contributed by atoms with van der Waals surface area (Å²) in [5, 5.41) is 10.4. The number of aryl methyl sites for hydroxylation is 1. The third-order valence-electron chi connectivity index (χ3n) is 4.09. The van der Waals surface area contributed by atoms with Crippen LogP contribution in [-0.4, -0.2) is 20.4 Å². The molecular formula is C18H20O3S. The van der Waals surface area contributed by atoms with Crippen molar-refractivity contribution in [1.82, 2.24) is 0 Å². The second-order valence-electron chi connectivity index (χ2n) is 5.64. The summed E-state index contributed by atoms with van der Waals surface area (Å²) in [6, 6.07) is 17.2. The summed E-state index contributed by atoms with van der Waals surface area (Å²) in [7, 11) is -1.42. The first kappa shape index (κ1) is 15.4. The maximum absolute atomic E-state index is 13.1. The fraction of sp³-hybridized carbons (Fsp3) is 0.333. The molecule has 0 radical (unpaired) electrons. The average molecular weight is 316 g/mol. The molecule has 1 saturated heterocycles. The van der Waals surface area contributed by atoms with Gasteiger partial charge in [-0.3, -0.25) is 4.21 Å². The van der Waals surface area contributed by atoms with Crippen LogP contribution >= 0.6 is 0 Å². The van der Waals surface area contributed by atoms with Crippen LogP contribution in [0.25, 0.3) is 0 Å². The topological polar surface area (TPSA) is 49.8 Å². The first-order valence-electron chi connectivity index (χ1n) is 7.49. The quantitative estimate of drug-likeness (QED) is 0.861. The van der Waals surface area contributed by atoms with E-state index in [2.05, 4.69) is 0 Å². The third-order valence-corrected chi connectivity index (χ3v) is 5.95. The predicted molar refractivity (Wildman–Crippen MR) is 86.9 cm³/mol. The lowest BCUT2D eigenvalue weighted by atomic mass is 10.1. The van der Waals surface area contributed by atoms with Gasteiger partial charge >= 0.3 is 0 Å².